The lowest BCUT2D eigenvalue weighted by atomic mass is 10.0. The molecule has 1 aromatic heterocycles. The molecule has 1 aromatic carbocycles. The van der Waals surface area contributed by atoms with Crippen LogP contribution >= 0.6 is 0 Å². The van der Waals surface area contributed by atoms with Crippen molar-refractivity contribution in [3.05, 3.63) is 40.7 Å². The summed E-state index contributed by atoms with van der Waals surface area (Å²) in [6.45, 7) is 10.7. The number of benzene rings is 1. The Morgan fingerprint density at radius 2 is 1.71 bits per heavy atom. The van der Waals surface area contributed by atoms with Crippen LogP contribution in [0.25, 0.3) is 0 Å². The highest BCUT2D eigenvalue weighted by Gasteiger charge is 2.33. The normalized spacial score (nSPS) is 15.9. The molecular weight excluding hydrogens is 412 g/mol. The van der Waals surface area contributed by atoms with E-state index in [-0.39, 0.29) is 17.3 Å². The summed E-state index contributed by atoms with van der Waals surface area (Å²) >= 11 is 0. The van der Waals surface area contributed by atoms with Gasteiger partial charge in [-0.2, -0.15) is 9.40 Å². The second-order valence-electron chi connectivity index (χ2n) is 8.45. The number of carbonyl (C=O) groups excluding carboxylic acids is 1. The summed E-state index contributed by atoms with van der Waals surface area (Å²) in [5, 5.41) is 7.44. The number of nitrogens with one attached hydrogen (secondary N) is 1. The second kappa shape index (κ2) is 9.53. The standard InChI is InChI=1S/C23H34N4O3S/c1-6-19-9-8-10-20(7-2)22(19)24-21(28)15-27-18(5)23(17(4)25-27)31(29,30)26-13-11-16(3)12-14-26/h8-10,16H,6-7,11-15H2,1-5H3,(H,24,28). The first-order valence-electron chi connectivity index (χ1n) is 11.1. The molecule has 8 heteroatoms. The Hall–Kier alpha value is -2.19. The fraction of sp³-hybridized carbons (Fsp3) is 0.565. The molecule has 3 rings (SSSR count). The van der Waals surface area contributed by atoms with Crippen LogP contribution < -0.4 is 5.32 Å². The van der Waals surface area contributed by atoms with Gasteiger partial charge in [0.25, 0.3) is 0 Å². The van der Waals surface area contributed by atoms with E-state index in [0.29, 0.717) is 30.4 Å². The number of hydrogen-bond acceptors (Lipinski definition) is 4. The van der Waals surface area contributed by atoms with Crippen LogP contribution in [0.3, 0.4) is 0 Å². The van der Waals surface area contributed by atoms with Crippen molar-refractivity contribution < 1.29 is 13.2 Å². The van der Waals surface area contributed by atoms with E-state index in [2.05, 4.69) is 31.2 Å². The molecule has 1 N–H and O–H groups in total. The molecule has 0 atom stereocenters. The van der Waals surface area contributed by atoms with Crippen LogP contribution in [0.2, 0.25) is 0 Å². The summed E-state index contributed by atoms with van der Waals surface area (Å²) in [4.78, 5) is 13.1. The zero-order valence-electron chi connectivity index (χ0n) is 19.2. The van der Waals surface area contributed by atoms with E-state index in [0.717, 1.165) is 42.5 Å². The number of aryl methyl sites for hydroxylation is 3. The number of rotatable bonds is 7. The SMILES string of the molecule is CCc1cccc(CC)c1NC(=O)Cn1nc(C)c(S(=O)(=O)N2CCC(C)CC2)c1C. The van der Waals surface area contributed by atoms with Gasteiger partial charge in [0.05, 0.1) is 11.4 Å². The van der Waals surface area contributed by atoms with Gasteiger partial charge < -0.3 is 5.32 Å². The van der Waals surface area contributed by atoms with Crippen molar-refractivity contribution in [1.82, 2.24) is 14.1 Å². The lowest BCUT2D eigenvalue weighted by Crippen LogP contribution is -2.38. The third-order valence-corrected chi connectivity index (χ3v) is 8.36. The number of para-hydroxylation sites is 1. The molecule has 0 unspecified atom stereocenters. The highest BCUT2D eigenvalue weighted by molar-refractivity contribution is 7.89. The fourth-order valence-electron chi connectivity index (χ4n) is 4.28. The first-order valence-corrected chi connectivity index (χ1v) is 12.6. The van der Waals surface area contributed by atoms with Crippen molar-refractivity contribution >= 4 is 21.6 Å². The van der Waals surface area contributed by atoms with Crippen LogP contribution in [0.5, 0.6) is 0 Å². The number of nitrogens with zero attached hydrogens (tertiary/aromatic N) is 3. The summed E-state index contributed by atoms with van der Waals surface area (Å²) in [6, 6.07) is 6.04. The van der Waals surface area contributed by atoms with Crippen LogP contribution in [0.15, 0.2) is 23.1 Å². The highest BCUT2D eigenvalue weighted by Crippen LogP contribution is 2.28. The van der Waals surface area contributed by atoms with Crippen molar-refractivity contribution in [2.75, 3.05) is 18.4 Å². The molecule has 0 saturated carbocycles. The second-order valence-corrected chi connectivity index (χ2v) is 10.3. The molecule has 0 spiro atoms. The molecule has 1 amide bonds. The maximum absolute atomic E-state index is 13.3. The fourth-order valence-corrected chi connectivity index (χ4v) is 6.12. The third-order valence-electron chi connectivity index (χ3n) is 6.21. The molecule has 1 aliphatic rings. The minimum absolute atomic E-state index is 0.0274. The van der Waals surface area contributed by atoms with Crippen LogP contribution in [-0.4, -0.2) is 41.5 Å². The van der Waals surface area contributed by atoms with E-state index in [9.17, 15) is 13.2 Å². The first kappa shape index (κ1) is 23.5. The third kappa shape index (κ3) is 4.85. The Kier molecular flexibility index (Phi) is 7.21. The van der Waals surface area contributed by atoms with Crippen LogP contribution in [-0.2, 0) is 34.2 Å². The first-order chi connectivity index (χ1) is 14.7. The quantitative estimate of drug-likeness (QED) is 0.703. The maximum atomic E-state index is 13.3. The number of sulfonamides is 1. The largest absolute Gasteiger partial charge is 0.324 e. The highest BCUT2D eigenvalue weighted by atomic mass is 32.2. The number of hydrogen-bond donors (Lipinski definition) is 1. The van der Waals surface area contributed by atoms with Crippen molar-refractivity contribution in [2.45, 2.75) is 71.7 Å². The maximum Gasteiger partial charge on any atom is 0.246 e. The summed E-state index contributed by atoms with van der Waals surface area (Å²) in [5.74, 6) is 0.330. The smallest absolute Gasteiger partial charge is 0.246 e. The van der Waals surface area contributed by atoms with Gasteiger partial charge in [0.15, 0.2) is 0 Å². The molecule has 170 valence electrons. The van der Waals surface area contributed by atoms with Gasteiger partial charge in [0.1, 0.15) is 11.4 Å². The molecule has 31 heavy (non-hydrogen) atoms. The lowest BCUT2D eigenvalue weighted by Gasteiger charge is -2.29. The van der Waals surface area contributed by atoms with E-state index >= 15 is 0 Å². The lowest BCUT2D eigenvalue weighted by molar-refractivity contribution is -0.117. The molecule has 0 bridgehead atoms. The van der Waals surface area contributed by atoms with Crippen molar-refractivity contribution in [2.24, 2.45) is 5.92 Å². The van der Waals surface area contributed by atoms with Gasteiger partial charge in [-0.05, 0) is 56.6 Å². The number of carbonyl (C=O) groups is 1. The monoisotopic (exact) mass is 446 g/mol. The predicted octanol–water partition coefficient (Wildman–Crippen LogP) is 3.68. The van der Waals surface area contributed by atoms with Crippen molar-refractivity contribution in [3.63, 3.8) is 0 Å². The molecule has 2 heterocycles. The number of amides is 1. The van der Waals surface area contributed by atoms with Gasteiger partial charge in [0, 0.05) is 18.8 Å². The number of piperidine rings is 1. The summed E-state index contributed by atoms with van der Waals surface area (Å²) < 4.78 is 29.6. The van der Waals surface area contributed by atoms with E-state index < -0.39 is 10.0 Å². The van der Waals surface area contributed by atoms with E-state index in [1.165, 1.54) is 4.68 Å². The number of anilines is 1. The number of aromatic nitrogens is 2. The van der Waals surface area contributed by atoms with Crippen molar-refractivity contribution in [1.29, 1.82) is 0 Å². The Bertz CT molecular complexity index is 1030. The summed E-state index contributed by atoms with van der Waals surface area (Å²) in [6.07, 6.45) is 3.37. The summed E-state index contributed by atoms with van der Waals surface area (Å²) in [5.41, 5.74) is 3.97. The van der Waals surface area contributed by atoms with E-state index in [4.69, 9.17) is 0 Å². The predicted molar refractivity (Wildman–Crippen MR) is 123 cm³/mol. The average Bonchev–Trinajstić information content (AvgIpc) is 3.01. The molecule has 7 nitrogen and oxygen atoms in total. The summed E-state index contributed by atoms with van der Waals surface area (Å²) in [7, 11) is -3.62. The van der Waals surface area contributed by atoms with Crippen molar-refractivity contribution in [3.8, 4) is 0 Å². The van der Waals surface area contributed by atoms with E-state index in [1.807, 2.05) is 18.2 Å². The Balaban J connectivity index is 1.82. The molecule has 1 fully saturated rings. The Morgan fingerprint density at radius 3 is 2.26 bits per heavy atom. The van der Waals surface area contributed by atoms with Gasteiger partial charge in [0.2, 0.25) is 15.9 Å². The van der Waals surface area contributed by atoms with Crippen LogP contribution in [0.1, 0.15) is 56.1 Å². The average molecular weight is 447 g/mol. The minimum Gasteiger partial charge on any atom is -0.324 e. The van der Waals surface area contributed by atoms with Crippen LogP contribution in [0.4, 0.5) is 5.69 Å². The zero-order valence-corrected chi connectivity index (χ0v) is 20.1. The molecular formula is C23H34N4O3S. The van der Waals surface area contributed by atoms with Gasteiger partial charge >= 0.3 is 0 Å². The molecule has 1 aliphatic heterocycles. The Labute approximate surface area is 185 Å². The molecule has 0 aliphatic carbocycles. The van der Waals surface area contributed by atoms with Gasteiger partial charge in [-0.1, -0.05) is 39.0 Å². The Morgan fingerprint density at radius 1 is 1.13 bits per heavy atom. The van der Waals surface area contributed by atoms with E-state index in [1.54, 1.807) is 18.2 Å². The molecule has 0 radical (unpaired) electrons. The molecule has 1 saturated heterocycles. The molecule has 2 aromatic rings. The van der Waals surface area contributed by atoms with Crippen LogP contribution in [0, 0.1) is 19.8 Å². The van der Waals surface area contributed by atoms with Gasteiger partial charge in [-0.25, -0.2) is 8.42 Å². The minimum atomic E-state index is -3.62. The zero-order chi connectivity index (χ0) is 22.8. The van der Waals surface area contributed by atoms with Gasteiger partial charge in [-0.15, -0.1) is 0 Å². The van der Waals surface area contributed by atoms with Gasteiger partial charge in [-0.3, -0.25) is 9.48 Å². The topological polar surface area (TPSA) is 84.3 Å².